The summed E-state index contributed by atoms with van der Waals surface area (Å²) in [5, 5.41) is 7.00. The van der Waals surface area contributed by atoms with Crippen LogP contribution in [0, 0.1) is 5.41 Å². The Morgan fingerprint density at radius 2 is 2.15 bits per heavy atom. The van der Waals surface area contributed by atoms with Crippen LogP contribution in [0.15, 0.2) is 16.8 Å². The zero-order chi connectivity index (χ0) is 19.0. The molecule has 0 spiro atoms. The van der Waals surface area contributed by atoms with Crippen molar-refractivity contribution in [3.63, 3.8) is 0 Å². The van der Waals surface area contributed by atoms with Gasteiger partial charge in [0.2, 0.25) is 5.95 Å². The van der Waals surface area contributed by atoms with E-state index < -0.39 is 0 Å². The Bertz CT molecular complexity index is 839. The summed E-state index contributed by atoms with van der Waals surface area (Å²) in [6, 6.07) is 1.59. The molecule has 144 valence electrons. The van der Waals surface area contributed by atoms with Crippen molar-refractivity contribution in [2.24, 2.45) is 5.41 Å². The molecule has 1 fully saturated rings. The Labute approximate surface area is 159 Å². The molecular formula is C20H27N5O2. The van der Waals surface area contributed by atoms with Gasteiger partial charge in [-0.25, -0.2) is 9.97 Å². The van der Waals surface area contributed by atoms with Crippen molar-refractivity contribution in [1.82, 2.24) is 20.4 Å². The Hall–Kier alpha value is -2.44. The minimum absolute atomic E-state index is 0.0555. The number of nitrogens with zero attached hydrogens (tertiary/aromatic N) is 4. The average molecular weight is 369 g/mol. The number of aryl methyl sites for hydroxylation is 1. The normalized spacial score (nSPS) is 21.1. The minimum Gasteiger partial charge on any atom is -0.361 e. The summed E-state index contributed by atoms with van der Waals surface area (Å²) < 4.78 is 5.17. The van der Waals surface area contributed by atoms with E-state index in [1.165, 1.54) is 12.8 Å². The number of carbonyl (C=O) groups excluding carboxylic acids is 1. The van der Waals surface area contributed by atoms with Crippen LogP contribution in [0.25, 0.3) is 0 Å². The van der Waals surface area contributed by atoms with Gasteiger partial charge < -0.3 is 14.7 Å². The van der Waals surface area contributed by atoms with Crippen LogP contribution in [0.4, 0.5) is 5.95 Å². The molecule has 1 aliphatic heterocycles. The lowest BCUT2D eigenvalue weighted by atomic mass is 9.74. The third-order valence-corrected chi connectivity index (χ3v) is 5.50. The van der Waals surface area contributed by atoms with Crippen molar-refractivity contribution in [2.45, 2.75) is 58.9 Å². The summed E-state index contributed by atoms with van der Waals surface area (Å²) in [6.45, 7) is 8.45. The minimum atomic E-state index is -0.212. The van der Waals surface area contributed by atoms with Crippen LogP contribution < -0.4 is 10.2 Å². The molecule has 0 saturated carbocycles. The second kappa shape index (κ2) is 6.94. The molecule has 0 aromatic carbocycles. The maximum atomic E-state index is 12.7. The topological polar surface area (TPSA) is 84.2 Å². The van der Waals surface area contributed by atoms with Crippen molar-refractivity contribution in [1.29, 1.82) is 0 Å². The molecule has 0 bridgehead atoms. The maximum absolute atomic E-state index is 12.7. The van der Waals surface area contributed by atoms with Gasteiger partial charge >= 0.3 is 0 Å². The number of hydrogen-bond acceptors (Lipinski definition) is 6. The molecule has 1 N–H and O–H groups in total. The molecule has 1 aliphatic carbocycles. The van der Waals surface area contributed by atoms with Gasteiger partial charge in [0.05, 0.1) is 11.7 Å². The molecule has 2 aromatic heterocycles. The summed E-state index contributed by atoms with van der Waals surface area (Å²) in [7, 11) is 0. The number of rotatable bonds is 4. The van der Waals surface area contributed by atoms with Crippen molar-refractivity contribution in [2.75, 3.05) is 18.0 Å². The van der Waals surface area contributed by atoms with Gasteiger partial charge in [-0.1, -0.05) is 25.9 Å². The van der Waals surface area contributed by atoms with E-state index >= 15 is 0 Å². The fourth-order valence-corrected chi connectivity index (χ4v) is 4.05. The van der Waals surface area contributed by atoms with Crippen LogP contribution >= 0.6 is 0 Å². The van der Waals surface area contributed by atoms with Crippen LogP contribution in [0.1, 0.15) is 73.6 Å². The smallest absolute Gasteiger partial charge is 0.273 e. The van der Waals surface area contributed by atoms with Gasteiger partial charge in [-0.15, -0.1) is 0 Å². The highest BCUT2D eigenvalue weighted by Gasteiger charge is 2.35. The zero-order valence-electron chi connectivity index (χ0n) is 16.3. The van der Waals surface area contributed by atoms with Gasteiger partial charge in [-0.3, -0.25) is 4.79 Å². The molecule has 1 unspecified atom stereocenters. The second-order valence-electron chi connectivity index (χ2n) is 8.37. The molecular weight excluding hydrogens is 342 g/mol. The zero-order valence-corrected chi connectivity index (χ0v) is 16.3. The molecule has 3 heterocycles. The number of carbonyl (C=O) groups is 1. The van der Waals surface area contributed by atoms with Crippen LogP contribution in [-0.4, -0.2) is 34.1 Å². The highest BCUT2D eigenvalue weighted by Crippen LogP contribution is 2.40. The van der Waals surface area contributed by atoms with Crippen LogP contribution in [0.5, 0.6) is 0 Å². The molecule has 7 nitrogen and oxygen atoms in total. The van der Waals surface area contributed by atoms with E-state index in [-0.39, 0.29) is 17.4 Å². The molecule has 2 aliphatic rings. The fraction of sp³-hybridized carbons (Fsp3) is 0.600. The van der Waals surface area contributed by atoms with E-state index in [1.807, 2.05) is 13.1 Å². The maximum Gasteiger partial charge on any atom is 0.273 e. The van der Waals surface area contributed by atoms with E-state index in [0.29, 0.717) is 17.9 Å². The summed E-state index contributed by atoms with van der Waals surface area (Å²) >= 11 is 0. The van der Waals surface area contributed by atoms with Crippen molar-refractivity contribution in [3.05, 3.63) is 35.0 Å². The predicted octanol–water partition coefficient (Wildman–Crippen LogP) is 3.07. The van der Waals surface area contributed by atoms with Crippen molar-refractivity contribution >= 4 is 11.9 Å². The van der Waals surface area contributed by atoms with E-state index in [1.54, 1.807) is 6.07 Å². The van der Waals surface area contributed by atoms with E-state index in [9.17, 15) is 4.79 Å². The summed E-state index contributed by atoms with van der Waals surface area (Å²) in [5.41, 5.74) is 2.44. The quantitative estimate of drug-likeness (QED) is 0.892. The molecule has 1 saturated heterocycles. The highest BCUT2D eigenvalue weighted by atomic mass is 16.5. The van der Waals surface area contributed by atoms with Gasteiger partial charge in [0, 0.05) is 37.3 Å². The van der Waals surface area contributed by atoms with Gasteiger partial charge in [-0.05, 0) is 31.1 Å². The second-order valence-corrected chi connectivity index (χ2v) is 8.37. The lowest BCUT2D eigenvalue weighted by Gasteiger charge is -2.36. The largest absolute Gasteiger partial charge is 0.361 e. The first-order valence-corrected chi connectivity index (χ1v) is 9.82. The standard InChI is InChI=1S/C20H27N5O2/c1-4-13-9-15(24-27-13)18(26)22-16-10-20(2,3)11-17-14(16)12-21-19(23-17)25-7-5-6-8-25/h9,12,16H,4-8,10-11H2,1-3H3,(H,22,26). The van der Waals surface area contributed by atoms with E-state index in [2.05, 4.69) is 34.2 Å². The molecule has 7 heteroatoms. The predicted molar refractivity (Wildman–Crippen MR) is 102 cm³/mol. The fourth-order valence-electron chi connectivity index (χ4n) is 4.05. The molecule has 0 radical (unpaired) electrons. The molecule has 27 heavy (non-hydrogen) atoms. The van der Waals surface area contributed by atoms with Crippen LogP contribution in [-0.2, 0) is 12.8 Å². The number of anilines is 1. The van der Waals surface area contributed by atoms with E-state index in [4.69, 9.17) is 9.51 Å². The van der Waals surface area contributed by atoms with Crippen molar-refractivity contribution in [3.8, 4) is 0 Å². The van der Waals surface area contributed by atoms with Gasteiger partial charge in [0.25, 0.3) is 5.91 Å². The van der Waals surface area contributed by atoms with Crippen LogP contribution in [0.2, 0.25) is 0 Å². The van der Waals surface area contributed by atoms with Crippen LogP contribution in [0.3, 0.4) is 0 Å². The summed E-state index contributed by atoms with van der Waals surface area (Å²) in [5.74, 6) is 1.32. The number of fused-ring (bicyclic) bond motifs is 1. The summed E-state index contributed by atoms with van der Waals surface area (Å²) in [4.78, 5) is 24.4. The Morgan fingerprint density at radius 3 is 2.85 bits per heavy atom. The number of hydrogen-bond donors (Lipinski definition) is 1. The third kappa shape index (κ3) is 3.68. The monoisotopic (exact) mass is 369 g/mol. The number of aromatic nitrogens is 3. The van der Waals surface area contributed by atoms with Gasteiger partial charge in [0.1, 0.15) is 5.76 Å². The lowest BCUT2D eigenvalue weighted by Crippen LogP contribution is -2.37. The third-order valence-electron chi connectivity index (χ3n) is 5.50. The van der Waals surface area contributed by atoms with Gasteiger partial charge in [0.15, 0.2) is 5.69 Å². The first-order chi connectivity index (χ1) is 12.9. The first kappa shape index (κ1) is 17.9. The molecule has 2 aromatic rings. The van der Waals surface area contributed by atoms with Gasteiger partial charge in [-0.2, -0.15) is 0 Å². The van der Waals surface area contributed by atoms with E-state index in [0.717, 1.165) is 43.1 Å². The average Bonchev–Trinajstić information content (AvgIpc) is 3.32. The molecule has 1 amide bonds. The first-order valence-electron chi connectivity index (χ1n) is 9.82. The number of amides is 1. The Morgan fingerprint density at radius 1 is 1.37 bits per heavy atom. The SMILES string of the molecule is CCc1cc(C(=O)NC2CC(C)(C)Cc3nc(N4CCCC4)ncc32)no1. The Balaban J connectivity index is 1.59. The Kier molecular flexibility index (Phi) is 4.61. The lowest BCUT2D eigenvalue weighted by molar-refractivity contribution is 0.0909. The number of nitrogens with one attached hydrogen (secondary N) is 1. The highest BCUT2D eigenvalue weighted by molar-refractivity contribution is 5.92. The molecule has 1 atom stereocenters. The summed E-state index contributed by atoms with van der Waals surface area (Å²) in [6.07, 6.45) is 6.74. The molecule has 4 rings (SSSR count). The van der Waals surface area contributed by atoms with Crippen molar-refractivity contribution < 1.29 is 9.32 Å².